The molecule has 38 heavy (non-hydrogen) atoms. The largest absolute Gasteiger partial charge is 0.443 e. The summed E-state index contributed by atoms with van der Waals surface area (Å²) in [6, 6.07) is 16.6. The van der Waals surface area contributed by atoms with Crippen LogP contribution in [-0.4, -0.2) is 59.4 Å². The van der Waals surface area contributed by atoms with Gasteiger partial charge in [-0.2, -0.15) is 0 Å². The second kappa shape index (κ2) is 10.5. The van der Waals surface area contributed by atoms with Crippen molar-refractivity contribution in [2.75, 3.05) is 32.1 Å². The quantitative estimate of drug-likeness (QED) is 0.427. The highest BCUT2D eigenvalue weighted by Crippen LogP contribution is 2.37. The lowest BCUT2D eigenvalue weighted by Crippen LogP contribution is -2.35. The van der Waals surface area contributed by atoms with Gasteiger partial charge in [0.25, 0.3) is 0 Å². The lowest BCUT2D eigenvalue weighted by atomic mass is 10.00. The Morgan fingerprint density at radius 2 is 1.71 bits per heavy atom. The average molecular weight is 517 g/mol. The highest BCUT2D eigenvalue weighted by Gasteiger charge is 2.32. The first kappa shape index (κ1) is 26.4. The zero-order valence-electron chi connectivity index (χ0n) is 23.5. The van der Waals surface area contributed by atoms with Crippen molar-refractivity contribution in [2.24, 2.45) is 0 Å². The number of likely N-dealkylation sites (tertiary alicyclic amines) is 1. The molecule has 1 fully saturated rings. The first-order chi connectivity index (χ1) is 18.1. The minimum Gasteiger partial charge on any atom is -0.443 e. The lowest BCUT2D eigenvalue weighted by Gasteiger charge is -2.32. The first-order valence-electron chi connectivity index (χ1n) is 13.7. The van der Waals surface area contributed by atoms with E-state index in [4.69, 9.17) is 14.5 Å². The zero-order valence-corrected chi connectivity index (χ0v) is 23.5. The lowest BCUT2D eigenvalue weighted by molar-refractivity contribution is -0.0276. The van der Waals surface area contributed by atoms with Crippen LogP contribution in [0.1, 0.15) is 62.4 Å². The Labute approximate surface area is 226 Å². The number of hydrogen-bond acceptors (Lipinski definition) is 5. The van der Waals surface area contributed by atoms with E-state index in [-0.39, 0.29) is 18.3 Å². The molecule has 7 heteroatoms. The molecule has 5 rings (SSSR count). The summed E-state index contributed by atoms with van der Waals surface area (Å²) < 4.78 is 14.7. The molecule has 2 aliphatic rings. The van der Waals surface area contributed by atoms with Gasteiger partial charge >= 0.3 is 6.09 Å². The van der Waals surface area contributed by atoms with Gasteiger partial charge in [0.05, 0.1) is 11.8 Å². The molecule has 0 aliphatic carbocycles. The Morgan fingerprint density at radius 1 is 1.03 bits per heavy atom. The predicted octanol–water partition coefficient (Wildman–Crippen LogP) is 5.99. The van der Waals surface area contributed by atoms with E-state index in [9.17, 15) is 4.79 Å². The molecule has 2 aliphatic heterocycles. The third-order valence-electron chi connectivity index (χ3n) is 7.62. The van der Waals surface area contributed by atoms with E-state index in [0.717, 1.165) is 67.4 Å². The van der Waals surface area contributed by atoms with E-state index in [1.807, 2.05) is 45.0 Å². The second-order valence-electron chi connectivity index (χ2n) is 11.6. The second-order valence-corrected chi connectivity index (χ2v) is 11.6. The van der Waals surface area contributed by atoms with Crippen LogP contribution in [0.3, 0.4) is 0 Å². The minimum absolute atomic E-state index is 0.188. The van der Waals surface area contributed by atoms with Gasteiger partial charge in [-0.1, -0.05) is 36.4 Å². The van der Waals surface area contributed by atoms with Crippen molar-refractivity contribution in [1.82, 2.24) is 14.5 Å². The van der Waals surface area contributed by atoms with Crippen LogP contribution in [-0.2, 0) is 22.4 Å². The van der Waals surface area contributed by atoms with Crippen molar-refractivity contribution in [2.45, 2.75) is 71.3 Å². The molecule has 3 heterocycles. The van der Waals surface area contributed by atoms with Crippen LogP contribution < -0.4 is 4.90 Å². The van der Waals surface area contributed by atoms with E-state index < -0.39 is 5.60 Å². The SMILES string of the molecule is Cc1c(-c2ccc(N(C)C(=O)OC(C)(C)C)cc2)nc2n1CCc1ccccc1C2OC1CCN(C)CC1. The van der Waals surface area contributed by atoms with Crippen LogP contribution in [0.5, 0.6) is 0 Å². The van der Waals surface area contributed by atoms with Gasteiger partial charge < -0.3 is 18.9 Å². The number of carbonyl (C=O) groups is 1. The maximum atomic E-state index is 12.5. The smallest absolute Gasteiger partial charge is 0.414 e. The van der Waals surface area contributed by atoms with E-state index >= 15 is 0 Å². The Morgan fingerprint density at radius 3 is 2.39 bits per heavy atom. The van der Waals surface area contributed by atoms with Crippen molar-refractivity contribution in [3.8, 4) is 11.3 Å². The first-order valence-corrected chi connectivity index (χ1v) is 13.7. The number of nitrogens with zero attached hydrogens (tertiary/aromatic N) is 4. The van der Waals surface area contributed by atoms with Crippen LogP contribution >= 0.6 is 0 Å². The Kier molecular flexibility index (Phi) is 7.34. The molecular formula is C31H40N4O3. The van der Waals surface area contributed by atoms with Crippen LogP contribution in [0.25, 0.3) is 11.3 Å². The fraction of sp³-hybridized carbons (Fsp3) is 0.484. The number of benzene rings is 2. The van der Waals surface area contributed by atoms with Gasteiger partial charge in [-0.15, -0.1) is 0 Å². The highest BCUT2D eigenvalue weighted by atomic mass is 16.6. The van der Waals surface area contributed by atoms with Gasteiger partial charge in [0.1, 0.15) is 17.5 Å². The molecule has 1 unspecified atom stereocenters. The number of hydrogen-bond donors (Lipinski definition) is 0. The molecule has 0 spiro atoms. The molecule has 1 amide bonds. The van der Waals surface area contributed by atoms with Gasteiger partial charge in [0, 0.05) is 43.6 Å². The number of ether oxygens (including phenoxy) is 2. The summed E-state index contributed by atoms with van der Waals surface area (Å²) in [6.45, 7) is 10.7. The van der Waals surface area contributed by atoms with Gasteiger partial charge in [-0.05, 0) is 77.3 Å². The van der Waals surface area contributed by atoms with Crippen LogP contribution in [0.4, 0.5) is 10.5 Å². The average Bonchev–Trinajstić information content (AvgIpc) is 3.13. The highest BCUT2D eigenvalue weighted by molar-refractivity contribution is 5.87. The van der Waals surface area contributed by atoms with E-state index in [1.54, 1.807) is 7.05 Å². The zero-order chi connectivity index (χ0) is 27.0. The minimum atomic E-state index is -0.540. The van der Waals surface area contributed by atoms with Crippen molar-refractivity contribution in [1.29, 1.82) is 0 Å². The number of carbonyl (C=O) groups excluding carboxylic acids is 1. The summed E-state index contributed by atoms with van der Waals surface area (Å²) in [5, 5.41) is 0. The number of anilines is 1. The van der Waals surface area contributed by atoms with E-state index in [1.165, 1.54) is 16.0 Å². The number of amides is 1. The molecule has 1 atom stereocenters. The number of fused-ring (bicyclic) bond motifs is 2. The van der Waals surface area contributed by atoms with Gasteiger partial charge in [-0.3, -0.25) is 4.90 Å². The molecule has 0 saturated carbocycles. The molecule has 7 nitrogen and oxygen atoms in total. The van der Waals surface area contributed by atoms with Crippen molar-refractivity contribution in [3.63, 3.8) is 0 Å². The number of aryl methyl sites for hydroxylation is 1. The van der Waals surface area contributed by atoms with E-state index in [0.29, 0.717) is 0 Å². The predicted molar refractivity (Wildman–Crippen MR) is 151 cm³/mol. The number of rotatable bonds is 4. The van der Waals surface area contributed by atoms with Gasteiger partial charge in [0.2, 0.25) is 0 Å². The van der Waals surface area contributed by atoms with Crippen molar-refractivity contribution >= 4 is 11.8 Å². The molecule has 2 aromatic carbocycles. The van der Waals surface area contributed by atoms with E-state index in [2.05, 4.69) is 47.7 Å². The standard InChI is InChI=1S/C31H40N4O3/c1-21-27(23-11-13-24(14-12-23)34(6)30(36)38-31(2,3)4)32-29-28(37-25-16-18-33(5)19-17-25)26-10-8-7-9-22(26)15-20-35(21)29/h7-14,25,28H,15-20H2,1-6H3. The third-order valence-corrected chi connectivity index (χ3v) is 7.62. The molecule has 3 aromatic rings. The third kappa shape index (κ3) is 5.49. The molecule has 0 bridgehead atoms. The molecule has 0 radical (unpaired) electrons. The van der Waals surface area contributed by atoms with Crippen LogP contribution in [0, 0.1) is 6.92 Å². The maximum absolute atomic E-state index is 12.5. The molecule has 202 valence electrons. The summed E-state index contributed by atoms with van der Waals surface area (Å²) in [7, 11) is 3.91. The number of piperidine rings is 1. The maximum Gasteiger partial charge on any atom is 0.414 e. The number of imidazole rings is 1. The van der Waals surface area contributed by atoms with Gasteiger partial charge in [0.15, 0.2) is 0 Å². The molecular weight excluding hydrogens is 476 g/mol. The topological polar surface area (TPSA) is 59.8 Å². The summed E-state index contributed by atoms with van der Waals surface area (Å²) in [5.41, 5.74) is 5.93. The normalized spacial score (nSPS) is 18.4. The van der Waals surface area contributed by atoms with Crippen LogP contribution in [0.2, 0.25) is 0 Å². The fourth-order valence-corrected chi connectivity index (χ4v) is 5.43. The molecule has 1 saturated heterocycles. The van der Waals surface area contributed by atoms with Crippen LogP contribution in [0.15, 0.2) is 48.5 Å². The van der Waals surface area contributed by atoms with Gasteiger partial charge in [-0.25, -0.2) is 9.78 Å². The Balaban J connectivity index is 1.45. The monoisotopic (exact) mass is 516 g/mol. The Bertz CT molecular complexity index is 1280. The van der Waals surface area contributed by atoms with Crippen molar-refractivity contribution in [3.05, 3.63) is 71.2 Å². The number of aromatic nitrogens is 2. The fourth-order valence-electron chi connectivity index (χ4n) is 5.43. The Hall–Kier alpha value is -3.16. The summed E-state index contributed by atoms with van der Waals surface area (Å²) in [6.07, 6.45) is 2.68. The summed E-state index contributed by atoms with van der Waals surface area (Å²) in [4.78, 5) is 21.6. The van der Waals surface area contributed by atoms with Crippen molar-refractivity contribution < 1.29 is 14.3 Å². The summed E-state index contributed by atoms with van der Waals surface area (Å²) in [5.74, 6) is 0.983. The molecule has 0 N–H and O–H groups in total. The summed E-state index contributed by atoms with van der Waals surface area (Å²) >= 11 is 0. The molecule has 1 aromatic heterocycles.